The summed E-state index contributed by atoms with van der Waals surface area (Å²) in [6, 6.07) is 5.86. The molecule has 1 atom stereocenters. The lowest BCUT2D eigenvalue weighted by molar-refractivity contribution is 0.172. The molecule has 0 aromatic heterocycles. The molecule has 0 saturated heterocycles. The van der Waals surface area contributed by atoms with Crippen LogP contribution in [0.4, 0.5) is 0 Å². The van der Waals surface area contributed by atoms with Gasteiger partial charge in [-0.3, -0.25) is 0 Å². The van der Waals surface area contributed by atoms with Gasteiger partial charge in [0.05, 0.1) is 0 Å². The van der Waals surface area contributed by atoms with Crippen LogP contribution in [0.5, 0.6) is 11.5 Å². The van der Waals surface area contributed by atoms with E-state index in [4.69, 9.17) is 15.2 Å². The van der Waals surface area contributed by atoms with E-state index in [1.54, 1.807) is 0 Å². The molecule has 0 aliphatic carbocycles. The van der Waals surface area contributed by atoms with Crippen molar-refractivity contribution < 1.29 is 9.47 Å². The van der Waals surface area contributed by atoms with Crippen LogP contribution in [0.2, 0.25) is 0 Å². The maximum absolute atomic E-state index is 6.08. The molecule has 1 aromatic carbocycles. The lowest BCUT2D eigenvalue weighted by Crippen LogP contribution is -2.17. The third-order valence-electron chi connectivity index (χ3n) is 2.50. The van der Waals surface area contributed by atoms with Gasteiger partial charge in [0.1, 0.15) is 0 Å². The second kappa shape index (κ2) is 3.50. The zero-order valence-electron chi connectivity index (χ0n) is 8.49. The van der Waals surface area contributed by atoms with E-state index in [0.717, 1.165) is 17.1 Å². The molecule has 1 aliphatic rings. The van der Waals surface area contributed by atoms with Gasteiger partial charge in [-0.2, -0.15) is 0 Å². The first-order chi connectivity index (χ1) is 6.70. The fraction of sp³-hybridized carbons (Fsp3) is 0.455. The summed E-state index contributed by atoms with van der Waals surface area (Å²) in [7, 11) is 0. The highest BCUT2D eigenvalue weighted by molar-refractivity contribution is 5.49. The van der Waals surface area contributed by atoms with Crippen LogP contribution in [0.15, 0.2) is 18.2 Å². The fourth-order valence-corrected chi connectivity index (χ4v) is 1.57. The summed E-state index contributed by atoms with van der Waals surface area (Å²) in [6.45, 7) is 4.50. The molecule has 14 heavy (non-hydrogen) atoms. The Morgan fingerprint density at radius 2 is 2.07 bits per heavy atom. The number of hydrogen-bond donors (Lipinski definition) is 1. The summed E-state index contributed by atoms with van der Waals surface area (Å²) in [5, 5.41) is 0. The molecule has 1 aliphatic heterocycles. The molecule has 0 radical (unpaired) electrons. The van der Waals surface area contributed by atoms with Crippen molar-refractivity contribution in [1.82, 2.24) is 0 Å². The highest BCUT2D eigenvalue weighted by atomic mass is 16.7. The van der Waals surface area contributed by atoms with Gasteiger partial charge >= 0.3 is 0 Å². The number of benzene rings is 1. The Kier molecular flexibility index (Phi) is 2.33. The number of nitrogens with two attached hydrogens (primary N) is 1. The monoisotopic (exact) mass is 193 g/mol. The summed E-state index contributed by atoms with van der Waals surface area (Å²) in [5.41, 5.74) is 7.11. The fourth-order valence-electron chi connectivity index (χ4n) is 1.57. The van der Waals surface area contributed by atoms with Crippen LogP contribution in [0.3, 0.4) is 0 Å². The molecule has 1 aromatic rings. The smallest absolute Gasteiger partial charge is 0.231 e. The summed E-state index contributed by atoms with van der Waals surface area (Å²) < 4.78 is 10.7. The molecular formula is C11H15NO2. The quantitative estimate of drug-likeness (QED) is 0.782. The summed E-state index contributed by atoms with van der Waals surface area (Å²) >= 11 is 0. The van der Waals surface area contributed by atoms with Crippen molar-refractivity contribution in [2.45, 2.75) is 19.9 Å². The Morgan fingerprint density at radius 1 is 1.29 bits per heavy atom. The second-order valence-electron chi connectivity index (χ2n) is 3.85. The first-order valence-electron chi connectivity index (χ1n) is 4.84. The van der Waals surface area contributed by atoms with E-state index < -0.39 is 0 Å². The molecule has 3 nitrogen and oxygen atoms in total. The number of para-hydroxylation sites is 1. The van der Waals surface area contributed by atoms with Crippen LogP contribution in [-0.2, 0) is 0 Å². The number of hydrogen-bond acceptors (Lipinski definition) is 3. The Balaban J connectivity index is 2.39. The molecule has 0 amide bonds. The molecule has 76 valence electrons. The number of fused-ring (bicyclic) bond motifs is 1. The standard InChI is InChI=1S/C11H15NO2/c1-7(2)10(12)8-4-3-5-9-11(8)14-6-13-9/h3-5,7,10H,6,12H2,1-2H3/t10-/m1/s1. The number of rotatable bonds is 2. The van der Waals surface area contributed by atoms with Crippen molar-refractivity contribution in [2.24, 2.45) is 11.7 Å². The van der Waals surface area contributed by atoms with Gasteiger partial charge in [0, 0.05) is 11.6 Å². The highest BCUT2D eigenvalue weighted by Gasteiger charge is 2.22. The minimum atomic E-state index is 0.00616. The first-order valence-corrected chi connectivity index (χ1v) is 4.84. The summed E-state index contributed by atoms with van der Waals surface area (Å²) in [4.78, 5) is 0. The van der Waals surface area contributed by atoms with E-state index in [-0.39, 0.29) is 6.04 Å². The van der Waals surface area contributed by atoms with E-state index in [2.05, 4.69) is 13.8 Å². The molecule has 2 N–H and O–H groups in total. The molecule has 0 bridgehead atoms. The van der Waals surface area contributed by atoms with Crippen molar-refractivity contribution in [3.05, 3.63) is 23.8 Å². The molecule has 0 spiro atoms. The molecule has 2 rings (SSSR count). The van der Waals surface area contributed by atoms with E-state index in [1.807, 2.05) is 18.2 Å². The molecule has 3 heteroatoms. The molecule has 0 fully saturated rings. The van der Waals surface area contributed by atoms with E-state index in [0.29, 0.717) is 12.7 Å². The van der Waals surface area contributed by atoms with Crippen molar-refractivity contribution in [1.29, 1.82) is 0 Å². The number of ether oxygens (including phenoxy) is 2. The predicted octanol–water partition coefficient (Wildman–Crippen LogP) is 2.07. The van der Waals surface area contributed by atoms with Gasteiger partial charge in [0.25, 0.3) is 0 Å². The van der Waals surface area contributed by atoms with Crippen molar-refractivity contribution >= 4 is 0 Å². The average Bonchev–Trinajstić information content (AvgIpc) is 2.63. The van der Waals surface area contributed by atoms with E-state index in [9.17, 15) is 0 Å². The van der Waals surface area contributed by atoms with Crippen molar-refractivity contribution in [2.75, 3.05) is 6.79 Å². The maximum atomic E-state index is 6.08. The summed E-state index contributed by atoms with van der Waals surface area (Å²) in [6.07, 6.45) is 0. The van der Waals surface area contributed by atoms with Crippen molar-refractivity contribution in [3.63, 3.8) is 0 Å². The summed E-state index contributed by atoms with van der Waals surface area (Å²) in [5.74, 6) is 2.01. The van der Waals surface area contributed by atoms with Gasteiger partial charge in [0.15, 0.2) is 11.5 Å². The van der Waals surface area contributed by atoms with E-state index >= 15 is 0 Å². The predicted molar refractivity (Wildman–Crippen MR) is 54.3 cm³/mol. The minimum absolute atomic E-state index is 0.00616. The first kappa shape index (κ1) is 9.34. The van der Waals surface area contributed by atoms with Crippen LogP contribution in [-0.4, -0.2) is 6.79 Å². The largest absolute Gasteiger partial charge is 0.454 e. The zero-order valence-corrected chi connectivity index (χ0v) is 8.49. The van der Waals surface area contributed by atoms with Gasteiger partial charge in [-0.15, -0.1) is 0 Å². The van der Waals surface area contributed by atoms with Gasteiger partial charge in [-0.25, -0.2) is 0 Å². The Morgan fingerprint density at radius 3 is 2.79 bits per heavy atom. The Labute approximate surface area is 83.8 Å². The van der Waals surface area contributed by atoms with Crippen LogP contribution >= 0.6 is 0 Å². The third-order valence-corrected chi connectivity index (χ3v) is 2.50. The second-order valence-corrected chi connectivity index (χ2v) is 3.85. The lowest BCUT2D eigenvalue weighted by atomic mass is 9.96. The van der Waals surface area contributed by atoms with Crippen LogP contribution < -0.4 is 15.2 Å². The highest BCUT2D eigenvalue weighted by Crippen LogP contribution is 2.39. The van der Waals surface area contributed by atoms with Crippen LogP contribution in [0.1, 0.15) is 25.5 Å². The van der Waals surface area contributed by atoms with Crippen molar-refractivity contribution in [3.8, 4) is 11.5 Å². The van der Waals surface area contributed by atoms with Crippen LogP contribution in [0.25, 0.3) is 0 Å². The third kappa shape index (κ3) is 1.44. The minimum Gasteiger partial charge on any atom is -0.454 e. The topological polar surface area (TPSA) is 44.5 Å². The van der Waals surface area contributed by atoms with Gasteiger partial charge in [-0.1, -0.05) is 26.0 Å². The maximum Gasteiger partial charge on any atom is 0.231 e. The zero-order chi connectivity index (χ0) is 10.1. The van der Waals surface area contributed by atoms with Gasteiger partial charge in [0.2, 0.25) is 6.79 Å². The van der Waals surface area contributed by atoms with Gasteiger partial charge < -0.3 is 15.2 Å². The average molecular weight is 193 g/mol. The Bertz CT molecular complexity index is 336. The molecule has 1 heterocycles. The lowest BCUT2D eigenvalue weighted by Gasteiger charge is -2.17. The van der Waals surface area contributed by atoms with E-state index in [1.165, 1.54) is 0 Å². The molecular weight excluding hydrogens is 178 g/mol. The molecule has 0 saturated carbocycles. The normalized spacial score (nSPS) is 16.0. The molecule has 0 unspecified atom stereocenters. The van der Waals surface area contributed by atoms with Crippen LogP contribution in [0, 0.1) is 5.92 Å². The SMILES string of the molecule is CC(C)[C@@H](N)c1cccc2c1OCO2. The Hall–Kier alpha value is -1.22. The van der Waals surface area contributed by atoms with Gasteiger partial charge in [-0.05, 0) is 12.0 Å².